The summed E-state index contributed by atoms with van der Waals surface area (Å²) in [6.07, 6.45) is 0.440. The number of methoxy groups -OCH3 is 1. The summed E-state index contributed by atoms with van der Waals surface area (Å²) in [4.78, 5) is 13.0. The number of fused-ring (bicyclic) bond motifs is 1. The van der Waals surface area contributed by atoms with Crippen LogP contribution in [0.2, 0.25) is 0 Å². The Hall–Kier alpha value is -2.69. The van der Waals surface area contributed by atoms with E-state index in [1.54, 1.807) is 25.3 Å². The Bertz CT molecular complexity index is 798. The maximum absolute atomic E-state index is 13.0. The third-order valence-electron chi connectivity index (χ3n) is 4.49. The predicted octanol–water partition coefficient (Wildman–Crippen LogP) is 3.20. The monoisotopic (exact) mass is 327 g/mol. The fourth-order valence-corrected chi connectivity index (χ4v) is 3.17. The van der Waals surface area contributed by atoms with Crippen molar-refractivity contribution in [2.75, 3.05) is 12.8 Å². The van der Waals surface area contributed by atoms with E-state index >= 15 is 0 Å². The molecule has 0 bridgehead atoms. The Morgan fingerprint density at radius 1 is 1.25 bits per heavy atom. The minimum atomic E-state index is -0.684. The van der Waals surface area contributed by atoms with Gasteiger partial charge in [0.2, 0.25) is 0 Å². The molecule has 0 spiro atoms. The van der Waals surface area contributed by atoms with Gasteiger partial charge in [0.1, 0.15) is 22.8 Å². The molecular weight excluding hydrogens is 306 g/mol. The van der Waals surface area contributed by atoms with Crippen molar-refractivity contribution < 1.29 is 19.4 Å². The zero-order valence-electron chi connectivity index (χ0n) is 14.0. The molecule has 1 heterocycles. The molecule has 5 nitrogen and oxygen atoms in total. The average molecular weight is 327 g/mol. The second-order valence-corrected chi connectivity index (χ2v) is 6.58. The van der Waals surface area contributed by atoms with Crippen LogP contribution in [0.4, 0.5) is 5.69 Å². The number of benzene rings is 2. The third-order valence-corrected chi connectivity index (χ3v) is 4.49. The maximum Gasteiger partial charge on any atom is 0.174 e. The first-order valence-electron chi connectivity index (χ1n) is 7.80. The van der Waals surface area contributed by atoms with Crippen LogP contribution in [0.3, 0.4) is 0 Å². The highest BCUT2D eigenvalue weighted by molar-refractivity contribution is 6.02. The highest BCUT2D eigenvalue weighted by Gasteiger charge is 2.43. The lowest BCUT2D eigenvalue weighted by Gasteiger charge is -2.39. The summed E-state index contributed by atoms with van der Waals surface area (Å²) in [5.41, 5.74) is 7.08. The smallest absolute Gasteiger partial charge is 0.174 e. The van der Waals surface area contributed by atoms with E-state index in [1.165, 1.54) is 12.1 Å². The summed E-state index contributed by atoms with van der Waals surface area (Å²) >= 11 is 0. The van der Waals surface area contributed by atoms with Crippen LogP contribution in [0, 0.1) is 5.92 Å². The number of ketones is 1. The quantitative estimate of drug-likeness (QED) is 0.846. The summed E-state index contributed by atoms with van der Waals surface area (Å²) in [7, 11) is 1.59. The lowest BCUT2D eigenvalue weighted by molar-refractivity contribution is 0.0260. The van der Waals surface area contributed by atoms with Crippen LogP contribution in [0.1, 0.15) is 29.8 Å². The minimum absolute atomic E-state index is 0.0469. The Morgan fingerprint density at radius 2 is 2.00 bits per heavy atom. The molecule has 0 radical (unpaired) electrons. The molecule has 2 aromatic rings. The number of aromatic hydroxyl groups is 1. The van der Waals surface area contributed by atoms with E-state index in [2.05, 4.69) is 0 Å². The Labute approximate surface area is 141 Å². The van der Waals surface area contributed by atoms with Crippen molar-refractivity contribution in [1.82, 2.24) is 0 Å². The van der Waals surface area contributed by atoms with E-state index in [-0.39, 0.29) is 11.5 Å². The van der Waals surface area contributed by atoms with Gasteiger partial charge < -0.3 is 20.3 Å². The van der Waals surface area contributed by atoms with Gasteiger partial charge in [-0.25, -0.2) is 0 Å². The largest absolute Gasteiger partial charge is 0.508 e. The number of nitrogen functional groups attached to an aromatic ring is 1. The van der Waals surface area contributed by atoms with Gasteiger partial charge in [-0.15, -0.1) is 0 Å². The van der Waals surface area contributed by atoms with Gasteiger partial charge in [0.25, 0.3) is 0 Å². The van der Waals surface area contributed by atoms with E-state index in [9.17, 15) is 9.90 Å². The van der Waals surface area contributed by atoms with Crippen LogP contribution >= 0.6 is 0 Å². The average Bonchev–Trinajstić information content (AvgIpc) is 2.52. The first-order chi connectivity index (χ1) is 11.3. The predicted molar refractivity (Wildman–Crippen MR) is 91.7 cm³/mol. The molecule has 1 aliphatic rings. The van der Waals surface area contributed by atoms with E-state index in [0.717, 1.165) is 5.56 Å². The summed E-state index contributed by atoms with van der Waals surface area (Å²) < 4.78 is 11.4. The second-order valence-electron chi connectivity index (χ2n) is 6.58. The fraction of sp³-hybridized carbons (Fsp3) is 0.316. The van der Waals surface area contributed by atoms with Crippen LogP contribution in [0.5, 0.6) is 17.2 Å². The summed E-state index contributed by atoms with van der Waals surface area (Å²) in [6.45, 7) is 3.79. The first-order valence-corrected chi connectivity index (χ1v) is 7.80. The number of hydrogen-bond acceptors (Lipinski definition) is 5. The number of hydrogen-bond donors (Lipinski definition) is 2. The van der Waals surface area contributed by atoms with Crippen molar-refractivity contribution in [3.05, 3.63) is 47.5 Å². The fourth-order valence-electron chi connectivity index (χ4n) is 3.17. The van der Waals surface area contributed by atoms with Crippen LogP contribution in [0.25, 0.3) is 0 Å². The third kappa shape index (κ3) is 2.77. The first kappa shape index (κ1) is 16.2. The number of phenols is 1. The molecule has 1 aliphatic heterocycles. The summed E-state index contributed by atoms with van der Waals surface area (Å²) in [5.74, 6) is 0.767. The number of anilines is 1. The highest BCUT2D eigenvalue weighted by Crippen LogP contribution is 2.40. The maximum atomic E-state index is 13.0. The lowest BCUT2D eigenvalue weighted by atomic mass is 9.77. The Balaban J connectivity index is 2.01. The molecule has 0 aliphatic carbocycles. The van der Waals surface area contributed by atoms with E-state index in [4.69, 9.17) is 15.2 Å². The number of Topliss-reactive ketones (excluding diaryl/α,β-unsaturated/α-hetero) is 1. The molecule has 24 heavy (non-hydrogen) atoms. The topological polar surface area (TPSA) is 81.8 Å². The molecule has 1 unspecified atom stereocenters. The van der Waals surface area contributed by atoms with Gasteiger partial charge in [-0.1, -0.05) is 0 Å². The molecule has 0 fully saturated rings. The molecular formula is C19H21NO4. The van der Waals surface area contributed by atoms with Crippen molar-refractivity contribution in [2.45, 2.75) is 25.9 Å². The standard InChI is InChI=1S/C19H21NO4/c1-19(2)15(9-11-8-12(20)4-6-16(11)23-3)18(22)14-10-13(21)5-7-17(14)24-19/h4-8,10,15,21H,9,20H2,1-3H3. The van der Waals surface area contributed by atoms with Crippen molar-refractivity contribution in [2.24, 2.45) is 5.92 Å². The van der Waals surface area contributed by atoms with Crippen molar-refractivity contribution in [3.8, 4) is 17.2 Å². The van der Waals surface area contributed by atoms with Crippen molar-refractivity contribution in [1.29, 1.82) is 0 Å². The lowest BCUT2D eigenvalue weighted by Crippen LogP contribution is -2.47. The van der Waals surface area contributed by atoms with Gasteiger partial charge in [-0.2, -0.15) is 0 Å². The van der Waals surface area contributed by atoms with Crippen molar-refractivity contribution >= 4 is 11.5 Å². The minimum Gasteiger partial charge on any atom is -0.508 e. The van der Waals surface area contributed by atoms with Crippen LogP contribution in [-0.4, -0.2) is 23.6 Å². The number of nitrogens with two attached hydrogens (primary N) is 1. The molecule has 126 valence electrons. The molecule has 1 atom stereocenters. The van der Waals surface area contributed by atoms with E-state index < -0.39 is 11.5 Å². The van der Waals surface area contributed by atoms with Gasteiger partial charge in [0, 0.05) is 5.69 Å². The molecule has 5 heteroatoms. The second kappa shape index (κ2) is 5.74. The van der Waals surface area contributed by atoms with Gasteiger partial charge in [-0.05, 0) is 62.2 Å². The van der Waals surface area contributed by atoms with Gasteiger partial charge in [-0.3, -0.25) is 4.79 Å². The Kier molecular flexibility index (Phi) is 3.87. The van der Waals surface area contributed by atoms with Crippen molar-refractivity contribution in [3.63, 3.8) is 0 Å². The summed E-state index contributed by atoms with van der Waals surface area (Å²) in [5, 5.41) is 9.69. The molecule has 0 saturated carbocycles. The van der Waals surface area contributed by atoms with Gasteiger partial charge in [0.05, 0.1) is 18.6 Å². The zero-order valence-corrected chi connectivity index (χ0v) is 14.0. The van der Waals surface area contributed by atoms with Gasteiger partial charge in [0.15, 0.2) is 5.78 Å². The number of carbonyl (C=O) groups excluding carboxylic acids is 1. The Morgan fingerprint density at radius 3 is 2.71 bits per heavy atom. The highest BCUT2D eigenvalue weighted by atomic mass is 16.5. The molecule has 3 rings (SSSR count). The van der Waals surface area contributed by atoms with Crippen LogP contribution < -0.4 is 15.2 Å². The van der Waals surface area contributed by atoms with Gasteiger partial charge >= 0.3 is 0 Å². The normalized spacial score (nSPS) is 18.6. The molecule has 3 N–H and O–H groups in total. The van der Waals surface area contributed by atoms with E-state index in [0.29, 0.717) is 29.2 Å². The molecule has 0 saturated heterocycles. The van der Waals surface area contributed by atoms with Crippen LogP contribution in [0.15, 0.2) is 36.4 Å². The summed E-state index contributed by atoms with van der Waals surface area (Å²) in [6, 6.07) is 9.98. The molecule has 0 amide bonds. The zero-order chi connectivity index (χ0) is 17.5. The molecule has 2 aromatic carbocycles. The molecule has 0 aromatic heterocycles. The van der Waals surface area contributed by atoms with E-state index in [1.807, 2.05) is 19.9 Å². The SMILES string of the molecule is COc1ccc(N)cc1CC1C(=O)c2cc(O)ccc2OC1(C)C. The number of carbonyl (C=O) groups is 1. The number of rotatable bonds is 3. The van der Waals surface area contributed by atoms with Crippen LogP contribution in [-0.2, 0) is 6.42 Å². The number of ether oxygens (including phenoxy) is 2. The number of phenolic OH excluding ortho intramolecular Hbond substituents is 1.